The Morgan fingerprint density at radius 1 is 0.881 bits per heavy atom. The summed E-state index contributed by atoms with van der Waals surface area (Å²) in [6.07, 6.45) is -0.605. The molecule has 0 radical (unpaired) electrons. The number of ether oxygens (including phenoxy) is 1. The number of nitrogens with one attached hydrogen (secondary N) is 2. The van der Waals surface area contributed by atoms with E-state index in [0.29, 0.717) is 12.1 Å². The molecular formula is C34H43N3O5. The molecule has 3 aromatic rings. The highest BCUT2D eigenvalue weighted by molar-refractivity contribution is 5.92. The molecule has 8 nitrogen and oxygen atoms in total. The number of carbonyl (C=O) groups is 3. The molecule has 0 aliphatic rings. The van der Waals surface area contributed by atoms with Gasteiger partial charge in [-0.05, 0) is 77.3 Å². The van der Waals surface area contributed by atoms with Gasteiger partial charge in [0.15, 0.2) is 0 Å². The monoisotopic (exact) mass is 573 g/mol. The van der Waals surface area contributed by atoms with Gasteiger partial charge in [0.25, 0.3) is 0 Å². The average molecular weight is 574 g/mol. The van der Waals surface area contributed by atoms with Gasteiger partial charge in [-0.15, -0.1) is 0 Å². The van der Waals surface area contributed by atoms with Crippen LogP contribution < -0.4 is 10.6 Å². The van der Waals surface area contributed by atoms with Gasteiger partial charge in [0.05, 0.1) is 0 Å². The third-order valence-electron chi connectivity index (χ3n) is 6.57. The van der Waals surface area contributed by atoms with E-state index in [-0.39, 0.29) is 18.1 Å². The van der Waals surface area contributed by atoms with E-state index in [2.05, 4.69) is 10.6 Å². The molecule has 0 spiro atoms. The lowest BCUT2D eigenvalue weighted by Crippen LogP contribution is -2.55. The van der Waals surface area contributed by atoms with Crippen LogP contribution in [0.25, 0.3) is 0 Å². The number of hydrogen-bond donors (Lipinski definition) is 3. The van der Waals surface area contributed by atoms with Crippen LogP contribution in [0.5, 0.6) is 5.75 Å². The molecule has 8 heteroatoms. The van der Waals surface area contributed by atoms with Crippen LogP contribution in [0.1, 0.15) is 68.5 Å². The number of aromatic hydroxyl groups is 1. The average Bonchev–Trinajstić information content (AvgIpc) is 2.89. The maximum Gasteiger partial charge on any atom is 0.408 e. The predicted molar refractivity (Wildman–Crippen MR) is 164 cm³/mol. The molecule has 0 saturated heterocycles. The van der Waals surface area contributed by atoms with E-state index in [9.17, 15) is 19.5 Å². The lowest BCUT2D eigenvalue weighted by Gasteiger charge is -2.37. The molecule has 0 saturated carbocycles. The summed E-state index contributed by atoms with van der Waals surface area (Å²) < 4.78 is 5.49. The molecule has 3 aromatic carbocycles. The van der Waals surface area contributed by atoms with Crippen molar-refractivity contribution in [3.63, 3.8) is 0 Å². The van der Waals surface area contributed by atoms with Crippen molar-refractivity contribution in [1.29, 1.82) is 0 Å². The van der Waals surface area contributed by atoms with Crippen molar-refractivity contribution in [2.45, 2.75) is 85.2 Å². The minimum atomic E-state index is -1.04. The van der Waals surface area contributed by atoms with Gasteiger partial charge in [-0.1, -0.05) is 71.8 Å². The van der Waals surface area contributed by atoms with Crippen LogP contribution in [-0.2, 0) is 27.3 Å². The van der Waals surface area contributed by atoms with Crippen molar-refractivity contribution >= 4 is 17.9 Å². The number of rotatable bonds is 10. The summed E-state index contributed by atoms with van der Waals surface area (Å²) in [6.45, 7) is 13.1. The van der Waals surface area contributed by atoms with Crippen molar-refractivity contribution in [2.24, 2.45) is 0 Å². The number of nitrogens with zero attached hydrogens (tertiary/aromatic N) is 1. The van der Waals surface area contributed by atoms with Gasteiger partial charge in [0.1, 0.15) is 23.4 Å². The van der Waals surface area contributed by atoms with Crippen LogP contribution >= 0.6 is 0 Å². The fraction of sp³-hybridized carbons (Fsp3) is 0.382. The van der Waals surface area contributed by atoms with Crippen molar-refractivity contribution in [3.05, 3.63) is 101 Å². The first-order valence-electron chi connectivity index (χ1n) is 14.2. The molecule has 0 heterocycles. The fourth-order valence-electron chi connectivity index (χ4n) is 4.87. The topological polar surface area (TPSA) is 108 Å². The van der Waals surface area contributed by atoms with Crippen LogP contribution in [0.15, 0.2) is 72.8 Å². The minimum absolute atomic E-state index is 0.0931. The van der Waals surface area contributed by atoms with Crippen LogP contribution in [0.3, 0.4) is 0 Å². The normalized spacial score (nSPS) is 12.8. The molecule has 0 bridgehead atoms. The number of phenolic OH excluding ortho intramolecular Hbond substituents is 1. The smallest absolute Gasteiger partial charge is 0.408 e. The summed E-state index contributed by atoms with van der Waals surface area (Å²) in [5.74, 6) is -0.662. The van der Waals surface area contributed by atoms with Crippen molar-refractivity contribution in [2.75, 3.05) is 0 Å². The number of benzene rings is 3. The maximum absolute atomic E-state index is 14.4. The second kappa shape index (κ2) is 14.0. The summed E-state index contributed by atoms with van der Waals surface area (Å²) in [4.78, 5) is 42.9. The van der Waals surface area contributed by atoms with E-state index in [1.165, 1.54) is 17.0 Å². The fourth-order valence-corrected chi connectivity index (χ4v) is 4.87. The number of aryl methyl sites for hydroxylation is 2. The molecule has 42 heavy (non-hydrogen) atoms. The van der Waals surface area contributed by atoms with Gasteiger partial charge < -0.3 is 25.4 Å². The number of alkyl carbamates (subject to hydrolysis) is 1. The highest BCUT2D eigenvalue weighted by Gasteiger charge is 2.38. The Hall–Kier alpha value is -4.33. The lowest BCUT2D eigenvalue weighted by molar-refractivity contribution is -0.144. The van der Waals surface area contributed by atoms with Gasteiger partial charge in [-0.2, -0.15) is 0 Å². The Morgan fingerprint density at radius 2 is 1.48 bits per heavy atom. The Bertz CT molecular complexity index is 1340. The van der Waals surface area contributed by atoms with Gasteiger partial charge in [-0.3, -0.25) is 9.59 Å². The molecule has 0 aromatic heterocycles. The summed E-state index contributed by atoms with van der Waals surface area (Å²) in [5.41, 5.74) is 3.50. The van der Waals surface area contributed by atoms with Crippen LogP contribution in [0.2, 0.25) is 0 Å². The Balaban J connectivity index is 2.04. The zero-order valence-corrected chi connectivity index (χ0v) is 25.6. The van der Waals surface area contributed by atoms with E-state index in [1.807, 2.05) is 76.2 Å². The first-order valence-corrected chi connectivity index (χ1v) is 14.2. The number of carbonyl (C=O) groups excluding carboxylic acids is 3. The Labute approximate surface area is 249 Å². The molecule has 3 N–H and O–H groups in total. The SMILES string of the molecule is Cc1cc(C)cc(C(C(=O)NCc2ccccc2)N(C(=O)C(Cc2ccc(O)cc2)NC(=O)OC(C)(C)C)C(C)C)c1. The van der Waals surface area contributed by atoms with Gasteiger partial charge in [0, 0.05) is 19.0 Å². The molecule has 3 amide bonds. The number of amides is 3. The zero-order chi connectivity index (χ0) is 31.0. The second-order valence-corrected chi connectivity index (χ2v) is 11.9. The Morgan fingerprint density at radius 3 is 2.02 bits per heavy atom. The number of hydrogen-bond acceptors (Lipinski definition) is 5. The van der Waals surface area contributed by atoms with E-state index in [1.54, 1.807) is 32.9 Å². The molecule has 0 aliphatic carbocycles. The van der Waals surface area contributed by atoms with Crippen LogP contribution in [0.4, 0.5) is 4.79 Å². The first kappa shape index (κ1) is 32.2. The molecule has 2 atom stereocenters. The summed E-state index contributed by atoms with van der Waals surface area (Å²) in [6, 6.07) is 19.5. The maximum atomic E-state index is 14.4. The molecule has 224 valence electrons. The largest absolute Gasteiger partial charge is 0.508 e. The molecule has 0 fully saturated rings. The first-order chi connectivity index (χ1) is 19.7. The van der Waals surface area contributed by atoms with Crippen LogP contribution in [0, 0.1) is 13.8 Å². The van der Waals surface area contributed by atoms with Crippen LogP contribution in [-0.4, -0.2) is 45.6 Å². The van der Waals surface area contributed by atoms with Crippen molar-refractivity contribution in [1.82, 2.24) is 15.5 Å². The summed E-state index contributed by atoms with van der Waals surface area (Å²) in [5, 5.41) is 15.5. The van der Waals surface area contributed by atoms with Crippen molar-refractivity contribution < 1.29 is 24.2 Å². The zero-order valence-electron chi connectivity index (χ0n) is 25.6. The Kier molecular flexibility index (Phi) is 10.8. The quantitative estimate of drug-likeness (QED) is 0.287. The minimum Gasteiger partial charge on any atom is -0.508 e. The highest BCUT2D eigenvalue weighted by atomic mass is 16.6. The number of phenols is 1. The highest BCUT2D eigenvalue weighted by Crippen LogP contribution is 2.28. The van der Waals surface area contributed by atoms with Crippen molar-refractivity contribution in [3.8, 4) is 5.75 Å². The molecular weight excluding hydrogens is 530 g/mol. The standard InChI is InChI=1S/C34H43N3O5/c1-22(2)37(32(40)29(36-33(41)42-34(5,6)7)20-25-13-15-28(38)16-14-25)30(27-18-23(3)17-24(4)19-27)31(39)35-21-26-11-9-8-10-12-26/h8-19,22,29-30,38H,20-21H2,1-7H3,(H,35,39)(H,36,41). The van der Waals surface area contributed by atoms with Gasteiger partial charge >= 0.3 is 6.09 Å². The lowest BCUT2D eigenvalue weighted by atomic mass is 9.96. The predicted octanol–water partition coefficient (Wildman–Crippen LogP) is 5.74. The molecule has 2 unspecified atom stereocenters. The van der Waals surface area contributed by atoms with E-state index in [0.717, 1.165) is 22.3 Å². The van der Waals surface area contributed by atoms with Gasteiger partial charge in [0.2, 0.25) is 11.8 Å². The third kappa shape index (κ3) is 9.36. The summed E-state index contributed by atoms with van der Waals surface area (Å²) in [7, 11) is 0. The van der Waals surface area contributed by atoms with Gasteiger partial charge in [-0.25, -0.2) is 4.79 Å². The molecule has 3 rings (SSSR count). The van der Waals surface area contributed by atoms with E-state index < -0.39 is 35.7 Å². The third-order valence-corrected chi connectivity index (χ3v) is 6.57. The summed E-state index contributed by atoms with van der Waals surface area (Å²) >= 11 is 0. The second-order valence-electron chi connectivity index (χ2n) is 11.9. The van der Waals surface area contributed by atoms with E-state index >= 15 is 0 Å². The van der Waals surface area contributed by atoms with E-state index in [4.69, 9.17) is 4.74 Å². The molecule has 0 aliphatic heterocycles.